The molecule has 16 heavy (non-hydrogen) atoms. The molecule has 3 atom stereocenters. The van der Waals surface area contributed by atoms with E-state index in [1.54, 1.807) is 0 Å². The van der Waals surface area contributed by atoms with Crippen LogP contribution in [0.3, 0.4) is 0 Å². The number of nitrogens with one attached hydrogen (secondary N) is 2. The molecular formula is C12H20N2O2. The van der Waals surface area contributed by atoms with Crippen LogP contribution in [0.5, 0.6) is 0 Å². The zero-order valence-corrected chi connectivity index (χ0v) is 9.58. The lowest BCUT2D eigenvalue weighted by molar-refractivity contribution is -0.120. The lowest BCUT2D eigenvalue weighted by Crippen LogP contribution is -2.43. The predicted molar refractivity (Wildman–Crippen MR) is 60.0 cm³/mol. The molecule has 1 aliphatic carbocycles. The summed E-state index contributed by atoms with van der Waals surface area (Å²) in [6, 6.07) is 0.408. The van der Waals surface area contributed by atoms with E-state index in [0.29, 0.717) is 24.8 Å². The summed E-state index contributed by atoms with van der Waals surface area (Å²) in [5.41, 5.74) is 0. The summed E-state index contributed by atoms with van der Waals surface area (Å²) in [7, 11) is 0. The molecule has 3 unspecified atom stereocenters. The summed E-state index contributed by atoms with van der Waals surface area (Å²) >= 11 is 0. The molecule has 3 rings (SSSR count). The quantitative estimate of drug-likeness (QED) is 0.711. The highest BCUT2D eigenvalue weighted by Crippen LogP contribution is 2.34. The molecule has 0 radical (unpaired) electrons. The average Bonchev–Trinajstić information content (AvgIpc) is 2.89. The maximum Gasteiger partial charge on any atom is 0.233 e. The van der Waals surface area contributed by atoms with E-state index in [2.05, 4.69) is 10.6 Å². The van der Waals surface area contributed by atoms with Crippen LogP contribution in [0.2, 0.25) is 0 Å². The third-order valence-electron chi connectivity index (χ3n) is 3.92. The van der Waals surface area contributed by atoms with E-state index in [1.165, 1.54) is 19.3 Å². The standard InChI is InChI=1S/C12H20N2O2/c15-12(14-6-8-1-2-8)7-13-10-5-9-3-4-11(10)16-9/h8-11,13H,1-7H2,(H,14,15). The van der Waals surface area contributed by atoms with Gasteiger partial charge in [-0.15, -0.1) is 0 Å². The second-order valence-electron chi connectivity index (χ2n) is 5.34. The van der Waals surface area contributed by atoms with Gasteiger partial charge in [-0.1, -0.05) is 0 Å². The summed E-state index contributed by atoms with van der Waals surface area (Å²) in [6.45, 7) is 1.32. The summed E-state index contributed by atoms with van der Waals surface area (Å²) in [6.07, 6.45) is 6.84. The fraction of sp³-hybridized carbons (Fsp3) is 0.917. The smallest absolute Gasteiger partial charge is 0.233 e. The second kappa shape index (κ2) is 4.34. The van der Waals surface area contributed by atoms with Gasteiger partial charge in [0.05, 0.1) is 18.8 Å². The number of amides is 1. The molecule has 1 amide bonds. The molecule has 0 spiro atoms. The van der Waals surface area contributed by atoms with E-state index in [1.807, 2.05) is 0 Å². The molecule has 4 heteroatoms. The number of fused-ring (bicyclic) bond motifs is 2. The molecule has 0 aromatic rings. The Bertz CT molecular complexity index is 278. The van der Waals surface area contributed by atoms with Gasteiger partial charge in [0.1, 0.15) is 0 Å². The first-order valence-electron chi connectivity index (χ1n) is 6.47. The van der Waals surface area contributed by atoms with Crippen molar-refractivity contribution in [1.82, 2.24) is 10.6 Å². The van der Waals surface area contributed by atoms with Crippen molar-refractivity contribution >= 4 is 5.91 Å². The lowest BCUT2D eigenvalue weighted by atomic mass is 9.95. The molecule has 1 saturated carbocycles. The molecule has 0 aromatic heterocycles. The van der Waals surface area contributed by atoms with Gasteiger partial charge in [0.2, 0.25) is 5.91 Å². The summed E-state index contributed by atoms with van der Waals surface area (Å²) in [5.74, 6) is 0.893. The van der Waals surface area contributed by atoms with Crippen molar-refractivity contribution in [2.24, 2.45) is 5.92 Å². The first-order valence-corrected chi connectivity index (χ1v) is 6.47. The summed E-state index contributed by atoms with van der Waals surface area (Å²) in [5, 5.41) is 6.29. The van der Waals surface area contributed by atoms with Gasteiger partial charge in [-0.25, -0.2) is 0 Å². The summed E-state index contributed by atoms with van der Waals surface area (Å²) in [4.78, 5) is 11.5. The molecule has 2 aliphatic heterocycles. The molecule has 90 valence electrons. The van der Waals surface area contributed by atoms with Crippen molar-refractivity contribution in [2.75, 3.05) is 13.1 Å². The van der Waals surface area contributed by atoms with Crippen molar-refractivity contribution in [1.29, 1.82) is 0 Å². The predicted octanol–water partition coefficient (Wildman–Crippen LogP) is 0.422. The number of carbonyl (C=O) groups excluding carboxylic acids is 1. The van der Waals surface area contributed by atoms with Crippen molar-refractivity contribution < 1.29 is 9.53 Å². The molecular weight excluding hydrogens is 204 g/mol. The highest BCUT2D eigenvalue weighted by Gasteiger charge is 2.40. The highest BCUT2D eigenvalue weighted by atomic mass is 16.5. The van der Waals surface area contributed by atoms with Crippen LogP contribution in [0, 0.1) is 5.92 Å². The fourth-order valence-electron chi connectivity index (χ4n) is 2.72. The van der Waals surface area contributed by atoms with E-state index < -0.39 is 0 Å². The Labute approximate surface area is 96.1 Å². The van der Waals surface area contributed by atoms with Crippen LogP contribution in [-0.4, -0.2) is 37.2 Å². The Morgan fingerprint density at radius 1 is 1.25 bits per heavy atom. The Morgan fingerprint density at radius 3 is 2.75 bits per heavy atom. The normalized spacial score (nSPS) is 36.6. The monoisotopic (exact) mass is 224 g/mol. The Hall–Kier alpha value is -0.610. The zero-order chi connectivity index (χ0) is 11.0. The SMILES string of the molecule is O=C(CNC1CC2CCC1O2)NCC1CC1. The molecule has 2 saturated heterocycles. The van der Waals surface area contributed by atoms with Gasteiger partial charge < -0.3 is 15.4 Å². The fourth-order valence-corrected chi connectivity index (χ4v) is 2.72. The van der Waals surface area contributed by atoms with E-state index in [4.69, 9.17) is 4.74 Å². The van der Waals surface area contributed by atoms with Gasteiger partial charge >= 0.3 is 0 Å². The summed E-state index contributed by atoms with van der Waals surface area (Å²) < 4.78 is 5.73. The average molecular weight is 224 g/mol. The van der Waals surface area contributed by atoms with E-state index in [0.717, 1.165) is 25.3 Å². The zero-order valence-electron chi connectivity index (χ0n) is 9.58. The van der Waals surface area contributed by atoms with Crippen LogP contribution < -0.4 is 10.6 Å². The third-order valence-corrected chi connectivity index (χ3v) is 3.92. The van der Waals surface area contributed by atoms with Crippen molar-refractivity contribution in [3.63, 3.8) is 0 Å². The molecule has 2 bridgehead atoms. The minimum Gasteiger partial charge on any atom is -0.373 e. The number of hydrogen-bond donors (Lipinski definition) is 2. The van der Waals surface area contributed by atoms with Crippen molar-refractivity contribution in [3.8, 4) is 0 Å². The first kappa shape index (κ1) is 10.5. The van der Waals surface area contributed by atoms with Crippen LogP contribution in [-0.2, 0) is 9.53 Å². The number of rotatable bonds is 5. The lowest BCUT2D eigenvalue weighted by Gasteiger charge is -2.19. The third kappa shape index (κ3) is 2.38. The van der Waals surface area contributed by atoms with Gasteiger partial charge in [-0.3, -0.25) is 4.79 Å². The molecule has 3 fully saturated rings. The van der Waals surface area contributed by atoms with E-state index in [-0.39, 0.29) is 5.91 Å². The Balaban J connectivity index is 1.34. The van der Waals surface area contributed by atoms with Crippen LogP contribution in [0.1, 0.15) is 32.1 Å². The first-order chi connectivity index (χ1) is 7.81. The molecule has 3 aliphatic rings. The Kier molecular flexibility index (Phi) is 2.86. The largest absolute Gasteiger partial charge is 0.373 e. The van der Waals surface area contributed by atoms with Gasteiger partial charge in [0, 0.05) is 12.6 Å². The molecule has 2 N–H and O–H groups in total. The van der Waals surface area contributed by atoms with Crippen molar-refractivity contribution in [2.45, 2.75) is 50.4 Å². The Morgan fingerprint density at radius 2 is 2.12 bits per heavy atom. The van der Waals surface area contributed by atoms with E-state index >= 15 is 0 Å². The number of carbonyl (C=O) groups is 1. The van der Waals surface area contributed by atoms with Crippen LogP contribution in [0.4, 0.5) is 0 Å². The number of hydrogen-bond acceptors (Lipinski definition) is 3. The minimum absolute atomic E-state index is 0.134. The second-order valence-corrected chi connectivity index (χ2v) is 5.34. The van der Waals surface area contributed by atoms with Gasteiger partial charge in [0.15, 0.2) is 0 Å². The van der Waals surface area contributed by atoms with Crippen molar-refractivity contribution in [3.05, 3.63) is 0 Å². The van der Waals surface area contributed by atoms with Gasteiger partial charge in [-0.05, 0) is 38.0 Å². The van der Waals surface area contributed by atoms with Gasteiger partial charge in [0.25, 0.3) is 0 Å². The minimum atomic E-state index is 0.134. The topological polar surface area (TPSA) is 50.4 Å². The number of ether oxygens (including phenoxy) is 1. The van der Waals surface area contributed by atoms with Crippen LogP contribution >= 0.6 is 0 Å². The van der Waals surface area contributed by atoms with Gasteiger partial charge in [-0.2, -0.15) is 0 Å². The highest BCUT2D eigenvalue weighted by molar-refractivity contribution is 5.78. The maximum absolute atomic E-state index is 11.5. The maximum atomic E-state index is 11.5. The molecule has 0 aromatic carbocycles. The van der Waals surface area contributed by atoms with Crippen LogP contribution in [0.25, 0.3) is 0 Å². The molecule has 4 nitrogen and oxygen atoms in total. The molecule has 2 heterocycles. The van der Waals surface area contributed by atoms with Crippen LogP contribution in [0.15, 0.2) is 0 Å². The van der Waals surface area contributed by atoms with E-state index in [9.17, 15) is 4.79 Å².